The summed E-state index contributed by atoms with van der Waals surface area (Å²) < 4.78 is 10.6. The molecule has 1 aromatic carbocycles. The number of carbonyl (C=O) groups is 1. The van der Waals surface area contributed by atoms with Crippen molar-refractivity contribution in [2.24, 2.45) is 0 Å². The number of esters is 1. The molecular weight excluding hydrogens is 318 g/mol. The monoisotopic (exact) mass is 343 g/mol. The fourth-order valence-electron chi connectivity index (χ4n) is 3.04. The molecule has 1 aliphatic heterocycles. The number of pyridine rings is 1. The molecule has 1 aliphatic rings. The van der Waals surface area contributed by atoms with Crippen LogP contribution in [0.2, 0.25) is 0 Å². The molecule has 134 valence electrons. The molecule has 2 aromatic rings. The van der Waals surface area contributed by atoms with Gasteiger partial charge in [0.05, 0.1) is 31.0 Å². The highest BCUT2D eigenvalue weighted by Crippen LogP contribution is 2.26. The second-order valence-electron chi connectivity index (χ2n) is 6.02. The van der Waals surface area contributed by atoms with Crippen LogP contribution in [0, 0.1) is 0 Å². The fraction of sp³-hybridized carbons (Fsp3) is 0.474. The number of nitrogens with one attached hydrogen (secondary N) is 1. The molecule has 0 unspecified atom stereocenters. The van der Waals surface area contributed by atoms with E-state index in [-0.39, 0.29) is 5.97 Å². The Morgan fingerprint density at radius 2 is 2.12 bits per heavy atom. The zero-order valence-electron chi connectivity index (χ0n) is 14.7. The summed E-state index contributed by atoms with van der Waals surface area (Å²) in [5.74, 6) is -0.337. The van der Waals surface area contributed by atoms with Gasteiger partial charge in [0, 0.05) is 31.2 Å². The standard InChI is InChI=1S/C19H25N3O3/c1-2-25-19(23)16-14-21-17-7-4-3-6-15(17)18(16)20-8-5-9-22-10-12-24-13-11-22/h3-4,6-7,14H,2,5,8-13H2,1H3,(H,20,21). The summed E-state index contributed by atoms with van der Waals surface area (Å²) in [5, 5.41) is 4.38. The second kappa shape index (κ2) is 8.78. The highest BCUT2D eigenvalue weighted by atomic mass is 16.5. The zero-order valence-corrected chi connectivity index (χ0v) is 14.7. The Bertz CT molecular complexity index is 714. The first-order chi connectivity index (χ1) is 12.3. The number of fused-ring (bicyclic) bond motifs is 1. The van der Waals surface area contributed by atoms with Gasteiger partial charge in [-0.15, -0.1) is 0 Å². The van der Waals surface area contributed by atoms with Crippen molar-refractivity contribution < 1.29 is 14.3 Å². The summed E-state index contributed by atoms with van der Waals surface area (Å²) in [7, 11) is 0. The molecule has 3 rings (SSSR count). The van der Waals surface area contributed by atoms with Crippen LogP contribution in [-0.4, -0.2) is 61.9 Å². The van der Waals surface area contributed by atoms with Gasteiger partial charge >= 0.3 is 5.97 Å². The number of hydrogen-bond donors (Lipinski definition) is 1. The summed E-state index contributed by atoms with van der Waals surface area (Å²) in [6.45, 7) is 7.58. The van der Waals surface area contributed by atoms with Crippen molar-refractivity contribution >= 4 is 22.6 Å². The van der Waals surface area contributed by atoms with Gasteiger partial charge in [-0.25, -0.2) is 4.79 Å². The van der Waals surface area contributed by atoms with Gasteiger partial charge < -0.3 is 14.8 Å². The predicted octanol–water partition coefficient (Wildman–Crippen LogP) is 2.55. The van der Waals surface area contributed by atoms with Crippen LogP contribution in [0.25, 0.3) is 10.9 Å². The van der Waals surface area contributed by atoms with Gasteiger partial charge in [-0.1, -0.05) is 18.2 Å². The molecule has 1 N–H and O–H groups in total. The van der Waals surface area contributed by atoms with Gasteiger partial charge in [-0.2, -0.15) is 0 Å². The Morgan fingerprint density at radius 1 is 1.32 bits per heavy atom. The number of anilines is 1. The van der Waals surface area contributed by atoms with Crippen LogP contribution in [0.3, 0.4) is 0 Å². The molecule has 1 fully saturated rings. The first kappa shape index (κ1) is 17.6. The van der Waals surface area contributed by atoms with E-state index < -0.39 is 0 Å². The van der Waals surface area contributed by atoms with Gasteiger partial charge in [0.15, 0.2) is 0 Å². The van der Waals surface area contributed by atoms with Crippen LogP contribution in [0.5, 0.6) is 0 Å². The molecule has 6 heteroatoms. The van der Waals surface area contributed by atoms with Gasteiger partial charge in [0.2, 0.25) is 0 Å². The smallest absolute Gasteiger partial charge is 0.341 e. The van der Waals surface area contributed by atoms with Gasteiger partial charge in [0.1, 0.15) is 5.56 Å². The van der Waals surface area contributed by atoms with Crippen LogP contribution in [0.4, 0.5) is 5.69 Å². The van der Waals surface area contributed by atoms with Crippen molar-refractivity contribution in [1.29, 1.82) is 0 Å². The normalized spacial score (nSPS) is 15.2. The van der Waals surface area contributed by atoms with E-state index in [9.17, 15) is 4.79 Å². The molecule has 6 nitrogen and oxygen atoms in total. The quantitative estimate of drug-likeness (QED) is 0.616. The highest BCUT2D eigenvalue weighted by Gasteiger charge is 2.16. The summed E-state index contributed by atoms with van der Waals surface area (Å²) in [6, 6.07) is 7.83. The molecule has 0 bridgehead atoms. The zero-order chi connectivity index (χ0) is 17.5. The Morgan fingerprint density at radius 3 is 2.92 bits per heavy atom. The van der Waals surface area contributed by atoms with Gasteiger partial charge in [0.25, 0.3) is 0 Å². The van der Waals surface area contributed by atoms with Crippen LogP contribution in [-0.2, 0) is 9.47 Å². The van der Waals surface area contributed by atoms with Crippen LogP contribution in [0.1, 0.15) is 23.7 Å². The molecular formula is C19H25N3O3. The molecule has 0 spiro atoms. The number of morpholine rings is 1. The van der Waals surface area contributed by atoms with E-state index >= 15 is 0 Å². The number of aromatic nitrogens is 1. The summed E-state index contributed by atoms with van der Waals surface area (Å²) in [4.78, 5) is 19.1. The minimum Gasteiger partial charge on any atom is -0.462 e. The Kier molecular flexibility index (Phi) is 6.19. The highest BCUT2D eigenvalue weighted by molar-refractivity contribution is 6.04. The molecule has 0 saturated carbocycles. The van der Waals surface area contributed by atoms with E-state index in [4.69, 9.17) is 9.47 Å². The Balaban J connectivity index is 1.71. The average molecular weight is 343 g/mol. The Labute approximate surface area is 148 Å². The number of nitrogens with zero attached hydrogens (tertiary/aromatic N) is 2. The van der Waals surface area contributed by atoms with Crippen LogP contribution in [0.15, 0.2) is 30.5 Å². The number of carbonyl (C=O) groups excluding carboxylic acids is 1. The van der Waals surface area contributed by atoms with E-state index in [1.165, 1.54) is 0 Å². The largest absolute Gasteiger partial charge is 0.462 e. The van der Waals surface area contributed by atoms with Crippen molar-refractivity contribution in [2.75, 3.05) is 51.3 Å². The Hall–Kier alpha value is -2.18. The molecule has 0 atom stereocenters. The fourth-order valence-corrected chi connectivity index (χ4v) is 3.04. The first-order valence-electron chi connectivity index (χ1n) is 8.88. The second-order valence-corrected chi connectivity index (χ2v) is 6.02. The lowest BCUT2D eigenvalue weighted by Crippen LogP contribution is -2.37. The van der Waals surface area contributed by atoms with Crippen molar-refractivity contribution in [3.8, 4) is 0 Å². The lowest BCUT2D eigenvalue weighted by molar-refractivity contribution is 0.0378. The number of benzene rings is 1. The lowest BCUT2D eigenvalue weighted by Gasteiger charge is -2.26. The van der Waals surface area contributed by atoms with E-state index in [0.717, 1.165) is 62.4 Å². The van der Waals surface area contributed by atoms with Gasteiger partial charge in [-0.05, 0) is 26.0 Å². The maximum Gasteiger partial charge on any atom is 0.341 e. The molecule has 2 heterocycles. The number of para-hydroxylation sites is 1. The van der Waals surface area contributed by atoms with Crippen molar-refractivity contribution in [1.82, 2.24) is 9.88 Å². The molecule has 1 aromatic heterocycles. The van der Waals surface area contributed by atoms with Gasteiger partial charge in [-0.3, -0.25) is 9.88 Å². The molecule has 0 amide bonds. The summed E-state index contributed by atoms with van der Waals surface area (Å²) in [5.41, 5.74) is 2.17. The SMILES string of the molecule is CCOC(=O)c1cnc2ccccc2c1NCCCN1CCOCC1. The molecule has 0 radical (unpaired) electrons. The summed E-state index contributed by atoms with van der Waals surface area (Å²) in [6.07, 6.45) is 2.60. The number of ether oxygens (including phenoxy) is 2. The minimum atomic E-state index is -0.337. The first-order valence-corrected chi connectivity index (χ1v) is 8.88. The maximum atomic E-state index is 12.3. The lowest BCUT2D eigenvalue weighted by atomic mass is 10.1. The van der Waals surface area contributed by atoms with Crippen molar-refractivity contribution in [2.45, 2.75) is 13.3 Å². The predicted molar refractivity (Wildman–Crippen MR) is 98.1 cm³/mol. The van der Waals surface area contributed by atoms with Crippen molar-refractivity contribution in [3.63, 3.8) is 0 Å². The van der Waals surface area contributed by atoms with E-state index in [0.29, 0.717) is 12.2 Å². The van der Waals surface area contributed by atoms with E-state index in [1.807, 2.05) is 31.2 Å². The maximum absolute atomic E-state index is 12.3. The molecule has 1 saturated heterocycles. The number of hydrogen-bond acceptors (Lipinski definition) is 6. The van der Waals surface area contributed by atoms with Crippen molar-refractivity contribution in [3.05, 3.63) is 36.0 Å². The molecule has 0 aliphatic carbocycles. The minimum absolute atomic E-state index is 0.337. The third kappa shape index (κ3) is 4.46. The third-order valence-electron chi connectivity index (χ3n) is 4.33. The van der Waals surface area contributed by atoms with Crippen LogP contribution >= 0.6 is 0 Å². The summed E-state index contributed by atoms with van der Waals surface area (Å²) >= 11 is 0. The number of rotatable bonds is 7. The van der Waals surface area contributed by atoms with E-state index in [1.54, 1.807) is 6.20 Å². The average Bonchev–Trinajstić information content (AvgIpc) is 2.66. The van der Waals surface area contributed by atoms with Crippen LogP contribution < -0.4 is 5.32 Å². The van der Waals surface area contributed by atoms with E-state index in [2.05, 4.69) is 15.2 Å². The topological polar surface area (TPSA) is 63.7 Å². The third-order valence-corrected chi connectivity index (χ3v) is 4.33. The molecule has 25 heavy (non-hydrogen) atoms.